The van der Waals surface area contributed by atoms with E-state index in [0.717, 1.165) is 6.42 Å². The molecule has 0 saturated carbocycles. The van der Waals surface area contributed by atoms with E-state index in [1.165, 1.54) is 6.07 Å². The molecular weight excluding hydrogens is 228 g/mol. The van der Waals surface area contributed by atoms with Gasteiger partial charge in [-0.1, -0.05) is 12.1 Å². The van der Waals surface area contributed by atoms with Crippen molar-refractivity contribution in [2.45, 2.75) is 20.0 Å². The van der Waals surface area contributed by atoms with Gasteiger partial charge in [0.2, 0.25) is 0 Å². The van der Waals surface area contributed by atoms with Crippen LogP contribution >= 0.6 is 0 Å². The van der Waals surface area contributed by atoms with Gasteiger partial charge in [0, 0.05) is 19.8 Å². The Kier molecular flexibility index (Phi) is 6.32. The molecule has 0 unspecified atom stereocenters. The largest absolute Gasteiger partial charge is 0.433 e. The van der Waals surface area contributed by atoms with Crippen molar-refractivity contribution >= 4 is 5.69 Å². The molecule has 0 aliphatic heterocycles. The van der Waals surface area contributed by atoms with E-state index in [9.17, 15) is 8.78 Å². The number of hydrogen-bond acceptors (Lipinski definition) is 3. The molecule has 17 heavy (non-hydrogen) atoms. The van der Waals surface area contributed by atoms with Crippen LogP contribution in [-0.2, 0) is 4.74 Å². The summed E-state index contributed by atoms with van der Waals surface area (Å²) in [5.41, 5.74) is 0.573. The van der Waals surface area contributed by atoms with Crippen molar-refractivity contribution in [3.63, 3.8) is 0 Å². The Morgan fingerprint density at radius 1 is 1.29 bits per heavy atom. The minimum Gasteiger partial charge on any atom is -0.433 e. The van der Waals surface area contributed by atoms with Gasteiger partial charge < -0.3 is 14.8 Å². The van der Waals surface area contributed by atoms with E-state index < -0.39 is 6.61 Å². The Hall–Kier alpha value is -1.36. The van der Waals surface area contributed by atoms with Crippen LogP contribution in [0.3, 0.4) is 0 Å². The van der Waals surface area contributed by atoms with E-state index >= 15 is 0 Å². The third kappa shape index (κ3) is 5.49. The minimum atomic E-state index is -2.80. The zero-order valence-electron chi connectivity index (χ0n) is 9.79. The zero-order chi connectivity index (χ0) is 12.5. The van der Waals surface area contributed by atoms with Crippen LogP contribution in [0, 0.1) is 0 Å². The number of hydrogen-bond donors (Lipinski definition) is 1. The van der Waals surface area contributed by atoms with Crippen molar-refractivity contribution in [3.8, 4) is 5.75 Å². The Balaban J connectivity index is 2.40. The molecule has 1 N–H and O–H groups in total. The standard InChI is InChI=1S/C12H17F2NO2/c1-2-16-9-5-8-15-10-6-3-4-7-11(10)17-12(13)14/h3-4,6-7,12,15H,2,5,8-9H2,1H3. The molecule has 0 spiro atoms. The molecule has 0 aliphatic rings. The molecule has 0 fully saturated rings. The van der Waals surface area contributed by atoms with Crippen LogP contribution in [0.15, 0.2) is 24.3 Å². The van der Waals surface area contributed by atoms with Crippen LogP contribution in [0.2, 0.25) is 0 Å². The molecule has 1 rings (SSSR count). The summed E-state index contributed by atoms with van der Waals surface area (Å²) in [5, 5.41) is 3.04. The summed E-state index contributed by atoms with van der Waals surface area (Å²) < 4.78 is 33.8. The maximum Gasteiger partial charge on any atom is 0.387 e. The van der Waals surface area contributed by atoms with E-state index in [4.69, 9.17) is 4.74 Å². The third-order valence-corrected chi connectivity index (χ3v) is 2.09. The van der Waals surface area contributed by atoms with Gasteiger partial charge in [0.15, 0.2) is 0 Å². The number of benzene rings is 1. The lowest BCUT2D eigenvalue weighted by Crippen LogP contribution is -2.09. The molecule has 0 saturated heterocycles. The van der Waals surface area contributed by atoms with Gasteiger partial charge in [0.05, 0.1) is 5.69 Å². The highest BCUT2D eigenvalue weighted by Crippen LogP contribution is 2.25. The van der Waals surface area contributed by atoms with Gasteiger partial charge in [-0.2, -0.15) is 8.78 Å². The van der Waals surface area contributed by atoms with Gasteiger partial charge in [0.1, 0.15) is 5.75 Å². The Labute approximate surface area is 99.7 Å². The smallest absolute Gasteiger partial charge is 0.387 e. The summed E-state index contributed by atoms with van der Waals surface area (Å²) >= 11 is 0. The average molecular weight is 245 g/mol. The fourth-order valence-electron chi connectivity index (χ4n) is 1.35. The lowest BCUT2D eigenvalue weighted by molar-refractivity contribution is -0.0493. The van der Waals surface area contributed by atoms with E-state index in [-0.39, 0.29) is 5.75 Å². The topological polar surface area (TPSA) is 30.5 Å². The number of rotatable bonds is 8. The second-order valence-corrected chi connectivity index (χ2v) is 3.35. The Morgan fingerprint density at radius 3 is 2.76 bits per heavy atom. The van der Waals surface area contributed by atoms with E-state index in [0.29, 0.717) is 25.4 Å². The summed E-state index contributed by atoms with van der Waals surface area (Å²) in [4.78, 5) is 0. The number of alkyl halides is 2. The first-order chi connectivity index (χ1) is 8.24. The predicted molar refractivity (Wildman–Crippen MR) is 62.7 cm³/mol. The fourth-order valence-corrected chi connectivity index (χ4v) is 1.35. The molecule has 0 amide bonds. The number of nitrogens with one attached hydrogen (secondary N) is 1. The molecule has 5 heteroatoms. The third-order valence-electron chi connectivity index (χ3n) is 2.09. The monoisotopic (exact) mass is 245 g/mol. The molecule has 0 heterocycles. The van der Waals surface area contributed by atoms with Crippen LogP contribution in [0.4, 0.5) is 14.5 Å². The van der Waals surface area contributed by atoms with Gasteiger partial charge in [-0.3, -0.25) is 0 Å². The van der Waals surface area contributed by atoms with E-state index in [2.05, 4.69) is 10.1 Å². The predicted octanol–water partition coefficient (Wildman–Crippen LogP) is 3.13. The van der Waals surface area contributed by atoms with Gasteiger partial charge in [0.25, 0.3) is 0 Å². The first-order valence-electron chi connectivity index (χ1n) is 5.59. The summed E-state index contributed by atoms with van der Waals surface area (Å²) in [6, 6.07) is 6.64. The summed E-state index contributed by atoms with van der Waals surface area (Å²) in [7, 11) is 0. The number of anilines is 1. The first-order valence-corrected chi connectivity index (χ1v) is 5.59. The molecule has 0 radical (unpaired) electrons. The van der Waals surface area contributed by atoms with Crippen molar-refractivity contribution < 1.29 is 18.3 Å². The van der Waals surface area contributed by atoms with Gasteiger partial charge >= 0.3 is 6.61 Å². The second-order valence-electron chi connectivity index (χ2n) is 3.35. The highest BCUT2D eigenvalue weighted by molar-refractivity contribution is 5.56. The Morgan fingerprint density at radius 2 is 2.06 bits per heavy atom. The van der Waals surface area contributed by atoms with Gasteiger partial charge in [-0.25, -0.2) is 0 Å². The lowest BCUT2D eigenvalue weighted by atomic mass is 10.3. The zero-order valence-corrected chi connectivity index (χ0v) is 9.79. The molecule has 0 aromatic heterocycles. The highest BCUT2D eigenvalue weighted by Gasteiger charge is 2.08. The molecule has 0 atom stereocenters. The highest BCUT2D eigenvalue weighted by atomic mass is 19.3. The molecule has 0 bridgehead atoms. The van der Waals surface area contributed by atoms with Crippen molar-refractivity contribution in [2.24, 2.45) is 0 Å². The number of ether oxygens (including phenoxy) is 2. The van der Waals surface area contributed by atoms with Gasteiger partial charge in [-0.05, 0) is 25.5 Å². The summed E-state index contributed by atoms with van der Waals surface area (Å²) in [5.74, 6) is 0.166. The second kappa shape index (κ2) is 7.84. The van der Waals surface area contributed by atoms with Crippen LogP contribution in [0.5, 0.6) is 5.75 Å². The minimum absolute atomic E-state index is 0.166. The maximum absolute atomic E-state index is 12.1. The molecule has 0 aliphatic carbocycles. The van der Waals surface area contributed by atoms with Crippen molar-refractivity contribution in [1.82, 2.24) is 0 Å². The van der Waals surface area contributed by atoms with E-state index in [1.807, 2.05) is 6.92 Å². The first kappa shape index (κ1) is 13.7. The maximum atomic E-state index is 12.1. The molecule has 96 valence electrons. The lowest BCUT2D eigenvalue weighted by Gasteiger charge is -2.12. The summed E-state index contributed by atoms with van der Waals surface area (Å²) in [6.45, 7) is 1.12. The van der Waals surface area contributed by atoms with Gasteiger partial charge in [-0.15, -0.1) is 0 Å². The van der Waals surface area contributed by atoms with Crippen LogP contribution in [-0.4, -0.2) is 26.4 Å². The molecule has 1 aromatic rings. The quantitative estimate of drug-likeness (QED) is 0.714. The number of halogens is 2. The molecule has 1 aromatic carbocycles. The van der Waals surface area contributed by atoms with E-state index in [1.54, 1.807) is 18.2 Å². The SMILES string of the molecule is CCOCCCNc1ccccc1OC(F)F. The summed E-state index contributed by atoms with van der Waals surface area (Å²) in [6.07, 6.45) is 0.816. The average Bonchev–Trinajstić information content (AvgIpc) is 2.30. The normalized spacial score (nSPS) is 10.6. The van der Waals surface area contributed by atoms with Crippen LogP contribution < -0.4 is 10.1 Å². The van der Waals surface area contributed by atoms with Crippen LogP contribution in [0.25, 0.3) is 0 Å². The van der Waals surface area contributed by atoms with Crippen molar-refractivity contribution in [2.75, 3.05) is 25.1 Å². The molecular formula is C12H17F2NO2. The molecule has 3 nitrogen and oxygen atoms in total. The van der Waals surface area contributed by atoms with Crippen molar-refractivity contribution in [1.29, 1.82) is 0 Å². The fraction of sp³-hybridized carbons (Fsp3) is 0.500. The Bertz CT molecular complexity index is 321. The van der Waals surface area contributed by atoms with Crippen LogP contribution in [0.1, 0.15) is 13.3 Å². The number of para-hydroxylation sites is 2. The van der Waals surface area contributed by atoms with Crippen molar-refractivity contribution in [3.05, 3.63) is 24.3 Å².